The summed E-state index contributed by atoms with van der Waals surface area (Å²) in [7, 11) is 0. The average Bonchev–Trinajstić information content (AvgIpc) is 2.97. The summed E-state index contributed by atoms with van der Waals surface area (Å²) in [6, 6.07) is 11.1. The Hall–Kier alpha value is -3.32. The van der Waals surface area contributed by atoms with E-state index in [0.29, 0.717) is 23.5 Å². The van der Waals surface area contributed by atoms with Crippen molar-refractivity contribution in [2.45, 2.75) is 13.2 Å². The first-order chi connectivity index (χ1) is 12.3. The van der Waals surface area contributed by atoms with Gasteiger partial charge >= 0.3 is 5.69 Å². The average molecular weight is 333 g/mol. The first-order valence-corrected chi connectivity index (χ1v) is 7.80. The van der Waals surface area contributed by atoms with Crippen molar-refractivity contribution in [3.05, 3.63) is 76.6 Å². The van der Waals surface area contributed by atoms with Crippen molar-refractivity contribution in [3.63, 3.8) is 0 Å². The molecule has 1 aromatic carbocycles. The highest BCUT2D eigenvalue weighted by molar-refractivity contribution is 5.72. The lowest BCUT2D eigenvalue weighted by atomic mass is 10.1. The van der Waals surface area contributed by atoms with Gasteiger partial charge in [-0.15, -0.1) is 0 Å². The number of hydrogen-bond donors (Lipinski definition) is 2. The van der Waals surface area contributed by atoms with Crippen LogP contribution in [0.1, 0.15) is 11.1 Å². The van der Waals surface area contributed by atoms with Gasteiger partial charge in [0.2, 0.25) is 0 Å². The van der Waals surface area contributed by atoms with Gasteiger partial charge in [0.05, 0.1) is 25.0 Å². The summed E-state index contributed by atoms with van der Waals surface area (Å²) in [5.41, 5.74) is 3.76. The van der Waals surface area contributed by atoms with Crippen LogP contribution in [0.25, 0.3) is 22.6 Å². The van der Waals surface area contributed by atoms with Crippen LogP contribution in [0.15, 0.2) is 59.8 Å². The number of aliphatic hydroxyl groups is 1. The third-order valence-corrected chi connectivity index (χ3v) is 4.03. The maximum Gasteiger partial charge on any atom is 0.329 e. The molecule has 0 atom stereocenters. The molecule has 4 aromatic rings. The third kappa shape index (κ3) is 2.81. The van der Waals surface area contributed by atoms with Crippen LogP contribution in [0.2, 0.25) is 0 Å². The van der Waals surface area contributed by atoms with Gasteiger partial charge in [-0.05, 0) is 23.3 Å². The van der Waals surface area contributed by atoms with Gasteiger partial charge in [0, 0.05) is 18.0 Å². The molecule has 3 aromatic heterocycles. The Morgan fingerprint density at radius 2 is 1.92 bits per heavy atom. The Morgan fingerprint density at radius 3 is 2.72 bits per heavy atom. The van der Waals surface area contributed by atoms with Crippen LogP contribution in [0.3, 0.4) is 0 Å². The molecule has 3 heterocycles. The second kappa shape index (κ2) is 6.29. The predicted octanol–water partition coefficient (Wildman–Crippen LogP) is 1.72. The minimum Gasteiger partial charge on any atom is -0.392 e. The highest BCUT2D eigenvalue weighted by Crippen LogP contribution is 2.22. The van der Waals surface area contributed by atoms with E-state index in [2.05, 4.69) is 19.9 Å². The number of benzene rings is 1. The minimum atomic E-state index is -0.264. The van der Waals surface area contributed by atoms with Crippen LogP contribution < -0.4 is 5.69 Å². The molecule has 0 saturated carbocycles. The molecular formula is C18H15N5O2. The number of rotatable bonds is 4. The number of aromatic amines is 1. The van der Waals surface area contributed by atoms with E-state index in [-0.39, 0.29) is 12.3 Å². The highest BCUT2D eigenvalue weighted by Gasteiger charge is 2.13. The number of fused-ring (bicyclic) bond motifs is 1. The Kier molecular flexibility index (Phi) is 3.83. The van der Waals surface area contributed by atoms with Crippen LogP contribution in [0.5, 0.6) is 0 Å². The molecule has 0 amide bonds. The van der Waals surface area contributed by atoms with Crippen LogP contribution in [-0.2, 0) is 13.2 Å². The van der Waals surface area contributed by atoms with E-state index in [4.69, 9.17) is 0 Å². The third-order valence-electron chi connectivity index (χ3n) is 4.03. The van der Waals surface area contributed by atoms with Crippen LogP contribution in [0, 0.1) is 0 Å². The van der Waals surface area contributed by atoms with E-state index in [1.165, 1.54) is 0 Å². The summed E-state index contributed by atoms with van der Waals surface area (Å²) in [6.07, 6.45) is 4.99. The lowest BCUT2D eigenvalue weighted by Gasteiger charge is -2.06. The molecule has 2 N–H and O–H groups in total. The number of H-pyrrole nitrogens is 1. The van der Waals surface area contributed by atoms with E-state index >= 15 is 0 Å². The van der Waals surface area contributed by atoms with Gasteiger partial charge in [0.1, 0.15) is 0 Å². The predicted molar refractivity (Wildman–Crippen MR) is 92.8 cm³/mol. The molecule has 4 rings (SSSR count). The van der Waals surface area contributed by atoms with Crippen molar-refractivity contribution in [3.8, 4) is 11.3 Å². The summed E-state index contributed by atoms with van der Waals surface area (Å²) in [5.74, 6) is 0. The lowest BCUT2D eigenvalue weighted by molar-refractivity contribution is 0.282. The maximum absolute atomic E-state index is 12.3. The first kappa shape index (κ1) is 15.2. The molecule has 0 aliphatic carbocycles. The van der Waals surface area contributed by atoms with Crippen LogP contribution >= 0.6 is 0 Å². The minimum absolute atomic E-state index is 0.0878. The highest BCUT2D eigenvalue weighted by atomic mass is 16.3. The van der Waals surface area contributed by atoms with Crippen LogP contribution in [0.4, 0.5) is 0 Å². The van der Waals surface area contributed by atoms with Crippen molar-refractivity contribution in [1.82, 2.24) is 24.5 Å². The molecule has 7 nitrogen and oxygen atoms in total. The SMILES string of the molecule is O=c1[nH]c2nc(-c3ccccc3CO)cnc2n1Cc1ccncc1. The van der Waals surface area contributed by atoms with Crippen molar-refractivity contribution < 1.29 is 5.11 Å². The molecule has 0 aliphatic rings. The van der Waals surface area contributed by atoms with Crippen molar-refractivity contribution >= 4 is 11.3 Å². The largest absolute Gasteiger partial charge is 0.392 e. The zero-order valence-electron chi connectivity index (χ0n) is 13.3. The lowest BCUT2D eigenvalue weighted by Crippen LogP contribution is -2.17. The van der Waals surface area contributed by atoms with Gasteiger partial charge in [-0.25, -0.2) is 14.8 Å². The van der Waals surface area contributed by atoms with E-state index in [1.54, 1.807) is 23.2 Å². The second-order valence-electron chi connectivity index (χ2n) is 5.61. The number of nitrogens with one attached hydrogen (secondary N) is 1. The van der Waals surface area contributed by atoms with E-state index in [0.717, 1.165) is 16.7 Å². The Balaban J connectivity index is 1.80. The molecule has 0 spiro atoms. The molecule has 0 fully saturated rings. The van der Waals surface area contributed by atoms with Crippen molar-refractivity contribution in [1.29, 1.82) is 0 Å². The van der Waals surface area contributed by atoms with Gasteiger partial charge in [-0.2, -0.15) is 0 Å². The summed E-state index contributed by atoms with van der Waals surface area (Å²) < 4.78 is 1.54. The molecule has 0 radical (unpaired) electrons. The quantitative estimate of drug-likeness (QED) is 0.593. The number of hydrogen-bond acceptors (Lipinski definition) is 5. The fraction of sp³-hybridized carbons (Fsp3) is 0.111. The standard InChI is InChI=1S/C18H15N5O2/c24-11-13-3-1-2-4-14(13)15-9-20-17-16(21-15)22-18(25)23(17)10-12-5-7-19-8-6-12/h1-9,24H,10-11H2,(H,21,22,25). The number of aliphatic hydroxyl groups excluding tert-OH is 1. The first-order valence-electron chi connectivity index (χ1n) is 7.80. The summed E-state index contributed by atoms with van der Waals surface area (Å²) >= 11 is 0. The fourth-order valence-electron chi connectivity index (χ4n) is 2.78. The topological polar surface area (TPSA) is 96.7 Å². The monoisotopic (exact) mass is 333 g/mol. The molecule has 25 heavy (non-hydrogen) atoms. The number of aromatic nitrogens is 5. The Bertz CT molecular complexity index is 1090. The Morgan fingerprint density at radius 1 is 1.12 bits per heavy atom. The number of nitrogens with zero attached hydrogens (tertiary/aromatic N) is 4. The fourth-order valence-corrected chi connectivity index (χ4v) is 2.78. The zero-order valence-corrected chi connectivity index (χ0v) is 13.3. The Labute approximate surface area is 142 Å². The number of imidazole rings is 1. The summed E-state index contributed by atoms with van der Waals surface area (Å²) in [5, 5.41) is 9.49. The van der Waals surface area contributed by atoms with Gasteiger partial charge < -0.3 is 5.11 Å². The van der Waals surface area contributed by atoms with E-state index in [9.17, 15) is 9.90 Å². The van der Waals surface area contributed by atoms with E-state index in [1.807, 2.05) is 36.4 Å². The second-order valence-corrected chi connectivity index (χ2v) is 5.61. The van der Waals surface area contributed by atoms with Gasteiger partial charge in [0.15, 0.2) is 11.3 Å². The molecule has 0 saturated heterocycles. The van der Waals surface area contributed by atoms with Crippen LogP contribution in [-0.4, -0.2) is 29.6 Å². The maximum atomic E-state index is 12.3. The smallest absolute Gasteiger partial charge is 0.329 e. The van der Waals surface area contributed by atoms with Crippen molar-refractivity contribution in [2.75, 3.05) is 0 Å². The zero-order chi connectivity index (χ0) is 17.2. The molecule has 0 unspecified atom stereocenters. The normalized spacial score (nSPS) is 11.1. The van der Waals surface area contributed by atoms with Gasteiger partial charge in [-0.1, -0.05) is 24.3 Å². The molecule has 0 bridgehead atoms. The summed E-state index contributed by atoms with van der Waals surface area (Å²) in [6.45, 7) is 0.304. The number of pyridine rings is 1. The summed E-state index contributed by atoms with van der Waals surface area (Å²) in [4.78, 5) is 28.0. The molecular weight excluding hydrogens is 318 g/mol. The van der Waals surface area contributed by atoms with Gasteiger partial charge in [-0.3, -0.25) is 14.5 Å². The van der Waals surface area contributed by atoms with Crippen molar-refractivity contribution in [2.24, 2.45) is 0 Å². The molecule has 7 heteroatoms. The van der Waals surface area contributed by atoms with Gasteiger partial charge in [0.25, 0.3) is 0 Å². The molecule has 124 valence electrons. The van der Waals surface area contributed by atoms with E-state index < -0.39 is 0 Å². The molecule has 0 aliphatic heterocycles.